The van der Waals surface area contributed by atoms with E-state index in [4.69, 9.17) is 4.74 Å². The number of thiophene rings is 1. The molecule has 4 N–H and O–H groups in total. The van der Waals surface area contributed by atoms with Gasteiger partial charge in [-0.25, -0.2) is 4.39 Å². The summed E-state index contributed by atoms with van der Waals surface area (Å²) >= 11 is 1.59. The Morgan fingerprint density at radius 3 is 2.57 bits per heavy atom. The Kier molecular flexibility index (Phi) is 5.46. The van der Waals surface area contributed by atoms with Gasteiger partial charge in [0.15, 0.2) is 0 Å². The maximum absolute atomic E-state index is 13.4. The second kappa shape index (κ2) is 7.87. The summed E-state index contributed by atoms with van der Waals surface area (Å²) in [6.07, 6.45) is -5.25. The largest absolute Gasteiger partial charge is 0.394 e. The first-order valence-electron chi connectivity index (χ1n) is 9.03. The summed E-state index contributed by atoms with van der Waals surface area (Å²) in [6.45, 7) is -0.459. The third-order valence-electron chi connectivity index (χ3n) is 5.08. The van der Waals surface area contributed by atoms with Gasteiger partial charge < -0.3 is 25.2 Å². The Hall–Kier alpha value is -1.87. The first kappa shape index (κ1) is 19.4. The number of hydrogen-bond donors (Lipinski definition) is 4. The molecule has 0 radical (unpaired) electrons. The first-order chi connectivity index (χ1) is 13.5. The summed E-state index contributed by atoms with van der Waals surface area (Å²) < 4.78 is 20.0. The van der Waals surface area contributed by atoms with Crippen LogP contribution >= 0.6 is 11.3 Å². The molecule has 0 aliphatic carbocycles. The average Bonchev–Trinajstić information content (AvgIpc) is 3.08. The van der Waals surface area contributed by atoms with Gasteiger partial charge in [0.1, 0.15) is 36.3 Å². The summed E-state index contributed by atoms with van der Waals surface area (Å²) in [5.74, 6) is -0.263. The molecule has 2 heterocycles. The van der Waals surface area contributed by atoms with E-state index in [0.29, 0.717) is 12.0 Å². The van der Waals surface area contributed by atoms with Crippen LogP contribution in [0, 0.1) is 5.82 Å². The van der Waals surface area contributed by atoms with Gasteiger partial charge in [0.05, 0.1) is 6.61 Å². The topological polar surface area (TPSA) is 90.2 Å². The minimum atomic E-state index is -1.41. The van der Waals surface area contributed by atoms with Crippen molar-refractivity contribution in [2.24, 2.45) is 0 Å². The molecule has 0 saturated carbocycles. The molecule has 7 heteroatoms. The van der Waals surface area contributed by atoms with Crippen LogP contribution in [-0.4, -0.2) is 51.4 Å². The van der Waals surface area contributed by atoms with E-state index in [-0.39, 0.29) is 5.82 Å². The fourth-order valence-electron chi connectivity index (χ4n) is 3.61. The van der Waals surface area contributed by atoms with E-state index < -0.39 is 37.1 Å². The average molecular weight is 404 g/mol. The van der Waals surface area contributed by atoms with Crippen molar-refractivity contribution < 1.29 is 29.6 Å². The highest BCUT2D eigenvalue weighted by Crippen LogP contribution is 2.33. The standard InChI is InChI=1S/C21H21FO5S/c22-14-4-5-17-13(8-14)9-15(28-17)7-11-2-1-3-12(6-11)21-20(26)19(25)18(24)16(10-23)27-21/h1-6,8-9,16,18-21,23-26H,7,10H2/t16-,18-,19+,20-,21+/m1/s1. The van der Waals surface area contributed by atoms with E-state index in [0.717, 1.165) is 20.5 Å². The maximum atomic E-state index is 13.4. The van der Waals surface area contributed by atoms with Gasteiger partial charge in [-0.1, -0.05) is 24.3 Å². The molecule has 5 atom stereocenters. The molecule has 2 aromatic carbocycles. The summed E-state index contributed by atoms with van der Waals surface area (Å²) in [5, 5.41) is 40.5. The molecule has 1 aliphatic heterocycles. The predicted octanol–water partition coefficient (Wildman–Crippen LogP) is 2.15. The van der Waals surface area contributed by atoms with Crippen LogP contribution in [0.3, 0.4) is 0 Å². The van der Waals surface area contributed by atoms with Gasteiger partial charge in [-0.05, 0) is 40.8 Å². The zero-order valence-corrected chi connectivity index (χ0v) is 15.7. The van der Waals surface area contributed by atoms with Crippen molar-refractivity contribution in [1.82, 2.24) is 0 Å². The van der Waals surface area contributed by atoms with E-state index in [9.17, 15) is 24.8 Å². The third-order valence-corrected chi connectivity index (χ3v) is 6.20. The zero-order chi connectivity index (χ0) is 19.8. The Labute approximate surface area is 165 Å². The fourth-order valence-corrected chi connectivity index (χ4v) is 4.69. The van der Waals surface area contributed by atoms with Crippen LogP contribution in [0.15, 0.2) is 48.5 Å². The number of rotatable bonds is 4. The normalized spacial score (nSPS) is 28.0. The van der Waals surface area contributed by atoms with Crippen LogP contribution in [0.4, 0.5) is 4.39 Å². The van der Waals surface area contributed by atoms with Crippen molar-refractivity contribution in [1.29, 1.82) is 0 Å². The molecule has 28 heavy (non-hydrogen) atoms. The van der Waals surface area contributed by atoms with Crippen molar-refractivity contribution in [2.75, 3.05) is 6.61 Å². The smallest absolute Gasteiger partial charge is 0.123 e. The SMILES string of the molecule is OC[C@H]1O[C@@H](c2cccc(Cc3cc4cc(F)ccc4s3)c2)[C@H](O)[C@@H](O)[C@@H]1O. The number of hydrogen-bond acceptors (Lipinski definition) is 6. The van der Waals surface area contributed by atoms with Gasteiger partial charge in [0.2, 0.25) is 0 Å². The van der Waals surface area contributed by atoms with Crippen LogP contribution in [0.2, 0.25) is 0 Å². The van der Waals surface area contributed by atoms with Gasteiger partial charge in [0, 0.05) is 16.0 Å². The number of benzene rings is 2. The lowest BCUT2D eigenvalue weighted by Crippen LogP contribution is -2.55. The lowest BCUT2D eigenvalue weighted by molar-refractivity contribution is -0.231. The summed E-state index contributed by atoms with van der Waals surface area (Å²) in [4.78, 5) is 1.08. The second-order valence-corrected chi connectivity index (χ2v) is 8.23. The second-order valence-electron chi connectivity index (χ2n) is 7.07. The van der Waals surface area contributed by atoms with E-state index in [2.05, 4.69) is 0 Å². The molecule has 0 unspecified atom stereocenters. The van der Waals surface area contributed by atoms with Crippen molar-refractivity contribution in [2.45, 2.75) is 36.9 Å². The van der Waals surface area contributed by atoms with E-state index >= 15 is 0 Å². The van der Waals surface area contributed by atoms with Crippen molar-refractivity contribution in [3.8, 4) is 0 Å². The Morgan fingerprint density at radius 1 is 0.964 bits per heavy atom. The molecule has 5 nitrogen and oxygen atoms in total. The van der Waals surface area contributed by atoms with E-state index in [1.54, 1.807) is 23.5 Å². The lowest BCUT2D eigenvalue weighted by Gasteiger charge is -2.40. The molecule has 1 aromatic heterocycles. The molecule has 148 valence electrons. The first-order valence-corrected chi connectivity index (χ1v) is 9.85. The highest BCUT2D eigenvalue weighted by molar-refractivity contribution is 7.19. The van der Waals surface area contributed by atoms with Crippen LogP contribution < -0.4 is 0 Å². The number of aliphatic hydroxyl groups excluding tert-OH is 4. The van der Waals surface area contributed by atoms with Gasteiger partial charge in [-0.15, -0.1) is 11.3 Å². The lowest BCUT2D eigenvalue weighted by atomic mass is 9.90. The number of fused-ring (bicyclic) bond motifs is 1. The number of ether oxygens (including phenoxy) is 1. The Balaban J connectivity index is 1.58. The summed E-state index contributed by atoms with van der Waals surface area (Å²) in [6, 6.07) is 14.1. The summed E-state index contributed by atoms with van der Waals surface area (Å²) in [7, 11) is 0. The maximum Gasteiger partial charge on any atom is 0.123 e. The molecule has 3 aromatic rings. The van der Waals surface area contributed by atoms with Crippen LogP contribution in [0.25, 0.3) is 10.1 Å². The number of aliphatic hydroxyl groups is 4. The highest BCUT2D eigenvalue weighted by atomic mass is 32.1. The Morgan fingerprint density at radius 2 is 1.79 bits per heavy atom. The number of halogens is 1. The van der Waals surface area contributed by atoms with Crippen molar-refractivity contribution in [3.63, 3.8) is 0 Å². The van der Waals surface area contributed by atoms with Crippen molar-refractivity contribution in [3.05, 3.63) is 70.4 Å². The fraction of sp³-hybridized carbons (Fsp3) is 0.333. The van der Waals surface area contributed by atoms with Gasteiger partial charge >= 0.3 is 0 Å². The molecule has 0 amide bonds. The van der Waals surface area contributed by atoms with Crippen LogP contribution in [0.1, 0.15) is 22.1 Å². The van der Waals surface area contributed by atoms with E-state index in [1.165, 1.54) is 12.1 Å². The van der Waals surface area contributed by atoms with Crippen LogP contribution in [0.5, 0.6) is 0 Å². The molecular weight excluding hydrogens is 383 g/mol. The molecule has 4 rings (SSSR count). The Bertz CT molecular complexity index is 972. The predicted molar refractivity (Wildman–Crippen MR) is 104 cm³/mol. The minimum Gasteiger partial charge on any atom is -0.394 e. The van der Waals surface area contributed by atoms with Gasteiger partial charge in [-0.3, -0.25) is 0 Å². The van der Waals surface area contributed by atoms with E-state index in [1.807, 2.05) is 24.3 Å². The molecule has 0 bridgehead atoms. The molecular formula is C21H21FO5S. The monoisotopic (exact) mass is 404 g/mol. The quantitative estimate of drug-likeness (QED) is 0.535. The highest BCUT2D eigenvalue weighted by Gasteiger charge is 2.43. The third kappa shape index (κ3) is 3.69. The van der Waals surface area contributed by atoms with Crippen molar-refractivity contribution >= 4 is 21.4 Å². The zero-order valence-electron chi connectivity index (χ0n) is 14.9. The molecule has 1 saturated heterocycles. The molecule has 1 aliphatic rings. The summed E-state index contributed by atoms with van der Waals surface area (Å²) in [5.41, 5.74) is 1.63. The van der Waals surface area contributed by atoms with Gasteiger partial charge in [-0.2, -0.15) is 0 Å². The molecule has 1 fully saturated rings. The van der Waals surface area contributed by atoms with Crippen LogP contribution in [-0.2, 0) is 11.2 Å². The molecule has 0 spiro atoms. The minimum absolute atomic E-state index is 0.263. The van der Waals surface area contributed by atoms with Gasteiger partial charge in [0.25, 0.3) is 0 Å².